The minimum Gasteiger partial charge on any atom is -0.368 e. The Kier molecular flexibility index (Phi) is 6.09. The molecule has 4 rings (SSSR count). The van der Waals surface area contributed by atoms with Crippen molar-refractivity contribution in [1.82, 2.24) is 5.32 Å². The summed E-state index contributed by atoms with van der Waals surface area (Å²) in [4.78, 5) is 26.0. The number of carbonyl (C=O) groups excluding carboxylic acids is 2. The van der Waals surface area contributed by atoms with Crippen molar-refractivity contribution in [3.63, 3.8) is 0 Å². The van der Waals surface area contributed by atoms with E-state index >= 15 is 0 Å². The number of nitrogens with one attached hydrogen (secondary N) is 1. The average Bonchev–Trinajstić information content (AvgIpc) is 2.80. The first-order valence-corrected chi connectivity index (χ1v) is 11.3. The number of nitrogens with two attached hydrogens (primary N) is 1. The summed E-state index contributed by atoms with van der Waals surface area (Å²) >= 11 is 0. The zero-order chi connectivity index (χ0) is 21.8. The van der Waals surface area contributed by atoms with Gasteiger partial charge in [0.25, 0.3) is 5.91 Å². The molecule has 0 aliphatic heterocycles. The summed E-state index contributed by atoms with van der Waals surface area (Å²) in [6.07, 6.45) is 0.186. The van der Waals surface area contributed by atoms with Gasteiger partial charge in [0, 0.05) is 10.6 Å². The molecule has 2 amide bonds. The molecule has 6 heteroatoms. The fourth-order valence-corrected chi connectivity index (χ4v) is 4.84. The van der Waals surface area contributed by atoms with E-state index in [2.05, 4.69) is 5.32 Å². The zero-order valence-corrected chi connectivity index (χ0v) is 17.6. The second kappa shape index (κ2) is 9.10. The minimum atomic E-state index is -1.28. The number of fused-ring (bicyclic) bond motifs is 2. The van der Waals surface area contributed by atoms with Gasteiger partial charge in [-0.25, -0.2) is 0 Å². The highest BCUT2D eigenvalue weighted by Gasteiger charge is 2.22. The van der Waals surface area contributed by atoms with Crippen molar-refractivity contribution in [3.05, 3.63) is 90.5 Å². The Bertz CT molecular complexity index is 1230. The van der Waals surface area contributed by atoms with Crippen LogP contribution in [0.4, 0.5) is 0 Å². The van der Waals surface area contributed by atoms with Gasteiger partial charge in [0.2, 0.25) is 5.91 Å². The summed E-state index contributed by atoms with van der Waals surface area (Å²) in [5.74, 6) is -0.806. The van der Waals surface area contributed by atoms with E-state index in [-0.39, 0.29) is 18.1 Å². The average molecular weight is 431 g/mol. The van der Waals surface area contributed by atoms with Crippen LogP contribution in [0.3, 0.4) is 0 Å². The number of rotatable bonds is 7. The number of amides is 2. The molecular weight excluding hydrogens is 408 g/mol. The topological polar surface area (TPSA) is 89.3 Å². The number of hydrogen-bond acceptors (Lipinski definition) is 3. The van der Waals surface area contributed by atoms with E-state index in [0.29, 0.717) is 10.5 Å². The molecule has 0 fully saturated rings. The van der Waals surface area contributed by atoms with Crippen LogP contribution in [0, 0.1) is 0 Å². The molecule has 0 aliphatic rings. The van der Waals surface area contributed by atoms with Crippen LogP contribution in [-0.4, -0.2) is 27.8 Å². The summed E-state index contributed by atoms with van der Waals surface area (Å²) in [6, 6.07) is 25.4. The highest BCUT2D eigenvalue weighted by atomic mass is 32.2. The Balaban J connectivity index is 1.61. The lowest BCUT2D eigenvalue weighted by Crippen LogP contribution is -2.45. The highest BCUT2D eigenvalue weighted by molar-refractivity contribution is 7.85. The molecule has 0 unspecified atom stereocenters. The molecule has 0 aromatic heterocycles. The highest BCUT2D eigenvalue weighted by Crippen LogP contribution is 2.28. The third-order valence-electron chi connectivity index (χ3n) is 5.25. The summed E-state index contributed by atoms with van der Waals surface area (Å²) < 4.78 is 12.5. The Morgan fingerprint density at radius 1 is 0.839 bits per heavy atom. The number of benzene rings is 4. The maximum absolute atomic E-state index is 13.3. The zero-order valence-electron chi connectivity index (χ0n) is 16.8. The molecule has 4 aromatic rings. The lowest BCUT2D eigenvalue weighted by atomic mass is 9.96. The minimum absolute atomic E-state index is 0.186. The van der Waals surface area contributed by atoms with Gasteiger partial charge >= 0.3 is 0 Å². The van der Waals surface area contributed by atoms with Gasteiger partial charge in [0.15, 0.2) is 0 Å². The Labute approximate surface area is 182 Å². The molecule has 0 aliphatic carbocycles. The Morgan fingerprint density at radius 2 is 1.39 bits per heavy atom. The smallest absolute Gasteiger partial charge is 0.253 e. The first-order chi connectivity index (χ1) is 15.0. The molecule has 0 saturated heterocycles. The maximum Gasteiger partial charge on any atom is 0.253 e. The van der Waals surface area contributed by atoms with Crippen molar-refractivity contribution < 1.29 is 13.8 Å². The van der Waals surface area contributed by atoms with Crippen molar-refractivity contribution >= 4 is 44.2 Å². The van der Waals surface area contributed by atoms with Gasteiger partial charge in [0.05, 0.1) is 16.4 Å². The number of carbonyl (C=O) groups is 2. The fourth-order valence-electron chi connectivity index (χ4n) is 3.69. The third-order valence-corrected chi connectivity index (χ3v) is 6.65. The second-order valence-electron chi connectivity index (χ2n) is 7.27. The summed E-state index contributed by atoms with van der Waals surface area (Å²) in [6.45, 7) is 0. The van der Waals surface area contributed by atoms with E-state index in [1.165, 1.54) is 0 Å². The standard InChI is InChI=1S/C25H22N2O3S/c26-24(28)22(14-15-31(30)19-10-2-1-3-11-19)27-25(29)23-20-12-6-4-8-17(20)16-18-9-5-7-13-21(18)23/h1-13,16,22H,14-15H2,(H2,26,28)(H,27,29)/t22-,31-/m0/s1. The first-order valence-electron chi connectivity index (χ1n) is 9.98. The van der Waals surface area contributed by atoms with Crippen LogP contribution in [0.2, 0.25) is 0 Å². The largest absolute Gasteiger partial charge is 0.368 e. The molecule has 0 spiro atoms. The predicted molar refractivity (Wildman–Crippen MR) is 124 cm³/mol. The van der Waals surface area contributed by atoms with Crippen LogP contribution in [0.25, 0.3) is 21.5 Å². The Morgan fingerprint density at radius 3 is 1.97 bits per heavy atom. The van der Waals surface area contributed by atoms with Gasteiger partial charge < -0.3 is 11.1 Å². The molecular formula is C25H22N2O3S. The molecule has 0 heterocycles. The second-order valence-corrected chi connectivity index (χ2v) is 8.84. The van der Waals surface area contributed by atoms with Crippen LogP contribution < -0.4 is 11.1 Å². The van der Waals surface area contributed by atoms with E-state index in [4.69, 9.17) is 5.73 Å². The fraction of sp³-hybridized carbons (Fsp3) is 0.120. The lowest BCUT2D eigenvalue weighted by Gasteiger charge is -2.17. The van der Waals surface area contributed by atoms with E-state index in [1.807, 2.05) is 72.8 Å². The SMILES string of the molecule is NC(=O)[C@H](CC[S@](=O)c1ccccc1)NC(=O)c1c2ccccc2cc2ccccc12. The molecule has 31 heavy (non-hydrogen) atoms. The molecule has 5 nitrogen and oxygen atoms in total. The molecule has 0 bridgehead atoms. The molecule has 156 valence electrons. The van der Waals surface area contributed by atoms with E-state index in [0.717, 1.165) is 21.5 Å². The monoisotopic (exact) mass is 430 g/mol. The molecule has 3 N–H and O–H groups in total. The van der Waals surface area contributed by atoms with Crippen LogP contribution >= 0.6 is 0 Å². The van der Waals surface area contributed by atoms with E-state index in [9.17, 15) is 13.8 Å². The number of primary amides is 1. The summed E-state index contributed by atoms with van der Waals surface area (Å²) in [5.41, 5.74) is 6.06. The molecule has 2 atom stereocenters. The molecule has 0 saturated carbocycles. The van der Waals surface area contributed by atoms with Gasteiger partial charge in [-0.2, -0.15) is 0 Å². The lowest BCUT2D eigenvalue weighted by molar-refractivity contribution is -0.119. The van der Waals surface area contributed by atoms with Gasteiger partial charge in [-0.15, -0.1) is 0 Å². The molecule has 0 radical (unpaired) electrons. The van der Waals surface area contributed by atoms with Crippen LogP contribution in [0.5, 0.6) is 0 Å². The third kappa shape index (κ3) is 4.49. The van der Waals surface area contributed by atoms with Gasteiger partial charge in [-0.3, -0.25) is 13.8 Å². The van der Waals surface area contributed by atoms with E-state index in [1.54, 1.807) is 12.1 Å². The van der Waals surface area contributed by atoms with Crippen molar-refractivity contribution in [1.29, 1.82) is 0 Å². The summed E-state index contributed by atoms with van der Waals surface area (Å²) in [5, 5.41) is 6.25. The van der Waals surface area contributed by atoms with Crippen LogP contribution in [0.1, 0.15) is 16.8 Å². The quantitative estimate of drug-likeness (QED) is 0.437. The maximum atomic E-state index is 13.3. The van der Waals surface area contributed by atoms with Gasteiger partial charge in [-0.05, 0) is 46.2 Å². The van der Waals surface area contributed by atoms with Crippen molar-refractivity contribution in [3.8, 4) is 0 Å². The summed E-state index contributed by atoms with van der Waals surface area (Å²) in [7, 11) is -1.28. The molecule has 4 aromatic carbocycles. The van der Waals surface area contributed by atoms with E-state index < -0.39 is 22.7 Å². The van der Waals surface area contributed by atoms with Crippen LogP contribution in [0.15, 0.2) is 89.8 Å². The Hall–Kier alpha value is -3.51. The van der Waals surface area contributed by atoms with Gasteiger partial charge in [-0.1, -0.05) is 66.7 Å². The van der Waals surface area contributed by atoms with Crippen LogP contribution in [-0.2, 0) is 15.6 Å². The normalized spacial score (nSPS) is 13.0. The van der Waals surface area contributed by atoms with Crippen molar-refractivity contribution in [2.24, 2.45) is 5.73 Å². The predicted octanol–water partition coefficient (Wildman–Crippen LogP) is 3.77. The van der Waals surface area contributed by atoms with Crippen molar-refractivity contribution in [2.45, 2.75) is 17.4 Å². The number of hydrogen-bond donors (Lipinski definition) is 2. The first kappa shape index (κ1) is 20.8. The van der Waals surface area contributed by atoms with Gasteiger partial charge in [0.1, 0.15) is 6.04 Å². The van der Waals surface area contributed by atoms with Crippen molar-refractivity contribution in [2.75, 3.05) is 5.75 Å².